The van der Waals surface area contributed by atoms with Gasteiger partial charge in [0.25, 0.3) is 5.69 Å². The predicted octanol–water partition coefficient (Wildman–Crippen LogP) is 2.93. The lowest BCUT2D eigenvalue weighted by molar-refractivity contribution is -0.385. The molecule has 5 heteroatoms. The molecule has 0 spiro atoms. The lowest BCUT2D eigenvalue weighted by atomic mass is 9.85. The second kappa shape index (κ2) is 5.91. The molecule has 1 aromatic carbocycles. The number of hydrogen-bond acceptors (Lipinski definition) is 3. The minimum absolute atomic E-state index is 0.0947. The van der Waals surface area contributed by atoms with Crippen molar-refractivity contribution in [3.63, 3.8) is 0 Å². The van der Waals surface area contributed by atoms with E-state index in [1.807, 2.05) is 13.8 Å². The standard InChI is InChI=1S/C13H18FNO3/c1-8(2)12(9(3)16)7-10-6-11(14)4-5-13(10)15(17)18/h4-6,8-9,12,16H,7H2,1-3H3. The summed E-state index contributed by atoms with van der Waals surface area (Å²) in [5.74, 6) is -0.470. The van der Waals surface area contributed by atoms with Crippen LogP contribution in [0.4, 0.5) is 10.1 Å². The zero-order valence-electron chi connectivity index (χ0n) is 10.8. The highest BCUT2D eigenvalue weighted by Gasteiger charge is 2.24. The fourth-order valence-corrected chi connectivity index (χ4v) is 2.11. The molecule has 1 aromatic rings. The molecule has 0 saturated carbocycles. The molecule has 1 rings (SSSR count). The highest BCUT2D eigenvalue weighted by Crippen LogP contribution is 2.27. The SMILES string of the molecule is CC(C)C(Cc1cc(F)ccc1[N+](=O)[O-])C(C)O. The van der Waals surface area contributed by atoms with Gasteiger partial charge in [-0.15, -0.1) is 0 Å². The second-order valence-corrected chi connectivity index (χ2v) is 4.88. The van der Waals surface area contributed by atoms with Gasteiger partial charge < -0.3 is 5.11 Å². The van der Waals surface area contributed by atoms with Gasteiger partial charge >= 0.3 is 0 Å². The van der Waals surface area contributed by atoms with Crippen LogP contribution in [0.15, 0.2) is 18.2 Å². The monoisotopic (exact) mass is 255 g/mol. The van der Waals surface area contributed by atoms with Crippen LogP contribution < -0.4 is 0 Å². The molecule has 18 heavy (non-hydrogen) atoms. The molecule has 1 N–H and O–H groups in total. The van der Waals surface area contributed by atoms with Gasteiger partial charge in [0.1, 0.15) is 5.82 Å². The van der Waals surface area contributed by atoms with E-state index in [0.717, 1.165) is 6.07 Å². The maximum Gasteiger partial charge on any atom is 0.272 e. The summed E-state index contributed by atoms with van der Waals surface area (Å²) in [5, 5.41) is 20.6. The maximum atomic E-state index is 13.2. The van der Waals surface area contributed by atoms with E-state index in [4.69, 9.17) is 0 Å². The van der Waals surface area contributed by atoms with Crippen LogP contribution >= 0.6 is 0 Å². The van der Waals surface area contributed by atoms with E-state index in [1.165, 1.54) is 12.1 Å². The number of nitro benzene ring substituents is 1. The highest BCUT2D eigenvalue weighted by atomic mass is 19.1. The number of hydrogen-bond donors (Lipinski definition) is 1. The Labute approximate surface area is 106 Å². The molecule has 0 heterocycles. The van der Waals surface area contributed by atoms with Crippen molar-refractivity contribution in [2.75, 3.05) is 0 Å². The van der Waals surface area contributed by atoms with Crippen LogP contribution in [0, 0.1) is 27.8 Å². The van der Waals surface area contributed by atoms with Crippen LogP contribution in [-0.4, -0.2) is 16.1 Å². The number of benzene rings is 1. The predicted molar refractivity (Wildman–Crippen MR) is 66.8 cm³/mol. The van der Waals surface area contributed by atoms with E-state index in [-0.39, 0.29) is 17.5 Å². The Balaban J connectivity index is 3.08. The van der Waals surface area contributed by atoms with Crippen molar-refractivity contribution in [2.45, 2.75) is 33.3 Å². The summed E-state index contributed by atoms with van der Waals surface area (Å²) in [6.07, 6.45) is -0.295. The van der Waals surface area contributed by atoms with Crippen LogP contribution in [0.2, 0.25) is 0 Å². The third kappa shape index (κ3) is 3.50. The Hall–Kier alpha value is -1.49. The van der Waals surface area contributed by atoms with Gasteiger partial charge in [0.05, 0.1) is 11.0 Å². The largest absolute Gasteiger partial charge is 0.393 e. The maximum absolute atomic E-state index is 13.2. The third-order valence-corrected chi connectivity index (χ3v) is 3.17. The van der Waals surface area contributed by atoms with Crippen LogP contribution in [0.5, 0.6) is 0 Å². The average molecular weight is 255 g/mol. The van der Waals surface area contributed by atoms with E-state index < -0.39 is 16.8 Å². The summed E-state index contributed by atoms with van der Waals surface area (Å²) in [6.45, 7) is 5.51. The summed E-state index contributed by atoms with van der Waals surface area (Å²) >= 11 is 0. The number of halogens is 1. The molecule has 4 nitrogen and oxygen atoms in total. The minimum Gasteiger partial charge on any atom is -0.393 e. The molecule has 2 unspecified atom stereocenters. The topological polar surface area (TPSA) is 63.4 Å². The van der Waals surface area contributed by atoms with E-state index >= 15 is 0 Å². The summed E-state index contributed by atoms with van der Waals surface area (Å²) in [5.41, 5.74) is 0.238. The van der Waals surface area contributed by atoms with Crippen molar-refractivity contribution in [1.29, 1.82) is 0 Å². The van der Waals surface area contributed by atoms with Crippen LogP contribution in [-0.2, 0) is 6.42 Å². The van der Waals surface area contributed by atoms with Gasteiger partial charge in [-0.3, -0.25) is 10.1 Å². The van der Waals surface area contributed by atoms with Crippen molar-refractivity contribution >= 4 is 5.69 Å². The first-order valence-electron chi connectivity index (χ1n) is 5.93. The van der Waals surface area contributed by atoms with E-state index in [0.29, 0.717) is 12.0 Å². The normalized spacial score (nSPS) is 14.6. The van der Waals surface area contributed by atoms with Crippen LogP contribution in [0.25, 0.3) is 0 Å². The Bertz CT molecular complexity index is 424. The quantitative estimate of drug-likeness (QED) is 0.650. The molecular weight excluding hydrogens is 237 g/mol. The Morgan fingerprint density at radius 3 is 2.44 bits per heavy atom. The first-order chi connectivity index (χ1) is 8.32. The Morgan fingerprint density at radius 2 is 2.00 bits per heavy atom. The van der Waals surface area contributed by atoms with Crippen LogP contribution in [0.1, 0.15) is 26.3 Å². The van der Waals surface area contributed by atoms with Gasteiger partial charge in [0.15, 0.2) is 0 Å². The smallest absolute Gasteiger partial charge is 0.272 e. The lowest BCUT2D eigenvalue weighted by Crippen LogP contribution is -2.24. The van der Waals surface area contributed by atoms with Gasteiger partial charge in [-0.05, 0) is 37.3 Å². The molecule has 2 atom stereocenters. The van der Waals surface area contributed by atoms with Gasteiger partial charge in [-0.1, -0.05) is 13.8 Å². The van der Waals surface area contributed by atoms with Crippen LogP contribution in [0.3, 0.4) is 0 Å². The molecule has 0 aliphatic heterocycles. The summed E-state index contributed by atoms with van der Waals surface area (Å²) < 4.78 is 13.2. The van der Waals surface area contributed by atoms with Crippen molar-refractivity contribution in [3.05, 3.63) is 39.7 Å². The number of aliphatic hydroxyl groups excluding tert-OH is 1. The van der Waals surface area contributed by atoms with Gasteiger partial charge in [-0.2, -0.15) is 0 Å². The molecule has 0 fully saturated rings. The summed E-state index contributed by atoms with van der Waals surface area (Å²) in [7, 11) is 0. The Kier molecular flexibility index (Phi) is 4.78. The van der Waals surface area contributed by atoms with E-state index in [9.17, 15) is 19.6 Å². The zero-order valence-corrected chi connectivity index (χ0v) is 10.8. The fourth-order valence-electron chi connectivity index (χ4n) is 2.11. The molecule has 0 radical (unpaired) electrons. The molecule has 0 aliphatic rings. The highest BCUT2D eigenvalue weighted by molar-refractivity contribution is 5.40. The van der Waals surface area contributed by atoms with Gasteiger partial charge in [-0.25, -0.2) is 4.39 Å². The number of rotatable bonds is 5. The lowest BCUT2D eigenvalue weighted by Gasteiger charge is -2.23. The Morgan fingerprint density at radius 1 is 1.39 bits per heavy atom. The molecule has 0 aromatic heterocycles. The average Bonchev–Trinajstić information content (AvgIpc) is 2.24. The molecule has 0 amide bonds. The van der Waals surface area contributed by atoms with Crippen molar-refractivity contribution < 1.29 is 14.4 Å². The summed E-state index contributed by atoms with van der Waals surface area (Å²) in [6, 6.07) is 3.42. The molecule has 0 saturated heterocycles. The van der Waals surface area contributed by atoms with Crippen molar-refractivity contribution in [3.8, 4) is 0 Å². The van der Waals surface area contributed by atoms with E-state index in [2.05, 4.69) is 0 Å². The van der Waals surface area contributed by atoms with Gasteiger partial charge in [0.2, 0.25) is 0 Å². The van der Waals surface area contributed by atoms with Crippen molar-refractivity contribution in [2.24, 2.45) is 11.8 Å². The molecule has 0 aliphatic carbocycles. The first kappa shape index (κ1) is 14.6. The number of aliphatic hydroxyl groups is 1. The van der Waals surface area contributed by atoms with Crippen molar-refractivity contribution in [1.82, 2.24) is 0 Å². The fraction of sp³-hybridized carbons (Fsp3) is 0.538. The van der Waals surface area contributed by atoms with E-state index in [1.54, 1.807) is 6.92 Å². The molecular formula is C13H18FNO3. The zero-order chi connectivity index (χ0) is 13.9. The molecule has 100 valence electrons. The number of nitro groups is 1. The summed E-state index contributed by atoms with van der Waals surface area (Å²) in [4.78, 5) is 10.4. The van der Waals surface area contributed by atoms with Gasteiger partial charge in [0, 0.05) is 11.6 Å². The third-order valence-electron chi connectivity index (χ3n) is 3.17. The second-order valence-electron chi connectivity index (χ2n) is 4.88. The first-order valence-corrected chi connectivity index (χ1v) is 5.93. The number of nitrogens with zero attached hydrogens (tertiary/aromatic N) is 1. The minimum atomic E-state index is -0.590. The molecule has 0 bridgehead atoms.